The van der Waals surface area contributed by atoms with E-state index in [1.165, 1.54) is 44.6 Å². The summed E-state index contributed by atoms with van der Waals surface area (Å²) in [5.41, 5.74) is 3.21. The van der Waals surface area contributed by atoms with Crippen molar-refractivity contribution in [2.45, 2.75) is 69.9 Å². The van der Waals surface area contributed by atoms with Gasteiger partial charge in [-0.2, -0.15) is 0 Å². The lowest BCUT2D eigenvalue weighted by molar-refractivity contribution is -0.144. The topological polar surface area (TPSA) is 161 Å². The van der Waals surface area contributed by atoms with E-state index in [0.717, 1.165) is 29.9 Å². The number of fused-ring (bicyclic) bond motifs is 3. The molecule has 4 saturated carbocycles. The Morgan fingerprint density at radius 2 is 1.67 bits per heavy atom. The molecule has 3 atom stereocenters. The lowest BCUT2D eigenvalue weighted by Crippen LogP contribution is -2.57. The van der Waals surface area contributed by atoms with Crippen LogP contribution in [0, 0.1) is 35.0 Å². The highest BCUT2D eigenvalue weighted by Crippen LogP contribution is 2.60. The van der Waals surface area contributed by atoms with Gasteiger partial charge in [-0.1, -0.05) is 11.6 Å². The number of hydrogen-bond donors (Lipinski definition) is 5. The number of aliphatic hydroxyl groups is 3. The molecule has 8 rings (SSSR count). The van der Waals surface area contributed by atoms with Crippen LogP contribution < -0.4 is 5.73 Å². The van der Waals surface area contributed by atoms with Gasteiger partial charge in [-0.05, 0) is 105 Å². The van der Waals surface area contributed by atoms with Gasteiger partial charge in [-0.15, -0.1) is 0 Å². The summed E-state index contributed by atoms with van der Waals surface area (Å²) in [6.45, 7) is 1.48. The summed E-state index contributed by atoms with van der Waals surface area (Å²) in [7, 11) is 2.08. The van der Waals surface area contributed by atoms with Gasteiger partial charge in [0.2, 0.25) is 5.78 Å². The number of allylic oxidation sites excluding steroid dienone is 2. The van der Waals surface area contributed by atoms with Gasteiger partial charge in [0.25, 0.3) is 5.91 Å². The maximum absolute atomic E-state index is 13.8. The van der Waals surface area contributed by atoms with Crippen LogP contribution in [0.5, 0.6) is 5.75 Å². The summed E-state index contributed by atoms with van der Waals surface area (Å²) in [5.74, 6) is -3.89. The van der Waals surface area contributed by atoms with Crippen molar-refractivity contribution in [3.63, 3.8) is 0 Å². The van der Waals surface area contributed by atoms with Crippen molar-refractivity contribution in [2.75, 3.05) is 13.6 Å². The molecule has 1 unspecified atom stereocenters. The Bertz CT molecular complexity index is 1480. The van der Waals surface area contributed by atoms with Gasteiger partial charge < -0.3 is 31.1 Å². The first-order valence-electron chi connectivity index (χ1n) is 15.0. The third-order valence-electron chi connectivity index (χ3n) is 11.3. The predicted octanol–water partition coefficient (Wildman–Crippen LogP) is 3.88. The third-order valence-corrected chi connectivity index (χ3v) is 11.8. The van der Waals surface area contributed by atoms with Crippen LogP contribution in [0.25, 0.3) is 0 Å². The molecule has 6 N–H and O–H groups in total. The largest absolute Gasteiger partial charge is 0.511 e. The van der Waals surface area contributed by atoms with Crippen LogP contribution in [-0.4, -0.2) is 62.0 Å². The maximum Gasteiger partial charge on any atom is 0.255 e. The number of rotatable bonds is 5. The van der Waals surface area contributed by atoms with Crippen molar-refractivity contribution in [1.82, 2.24) is 4.90 Å². The van der Waals surface area contributed by atoms with Gasteiger partial charge in [-0.3, -0.25) is 14.4 Å². The quantitative estimate of drug-likeness (QED) is 0.320. The smallest absolute Gasteiger partial charge is 0.255 e. The van der Waals surface area contributed by atoms with Crippen LogP contribution in [-0.2, 0) is 22.6 Å². The summed E-state index contributed by atoms with van der Waals surface area (Å²) in [5, 5.41) is 44.5. The highest BCUT2D eigenvalue weighted by atomic mass is 35.5. The minimum atomic E-state index is -2.57. The average molecular weight is 597 g/mol. The molecule has 0 aromatic heterocycles. The number of Topliss-reactive ketones (excluding diaryl/α,β-unsaturated/α-hetero) is 2. The summed E-state index contributed by atoms with van der Waals surface area (Å²) in [6, 6.07) is 1.51. The second-order valence-electron chi connectivity index (χ2n) is 14.2. The predicted molar refractivity (Wildman–Crippen MR) is 153 cm³/mol. The summed E-state index contributed by atoms with van der Waals surface area (Å²) >= 11 is 6.95. The molecule has 0 heterocycles. The van der Waals surface area contributed by atoms with Gasteiger partial charge >= 0.3 is 0 Å². The van der Waals surface area contributed by atoms with Crippen molar-refractivity contribution in [3.8, 4) is 5.75 Å². The first-order chi connectivity index (χ1) is 19.8. The summed E-state index contributed by atoms with van der Waals surface area (Å²) in [6.07, 6.45) is 8.00. The number of phenols is 1. The van der Waals surface area contributed by atoms with Crippen LogP contribution in [0.4, 0.5) is 0 Å². The minimum absolute atomic E-state index is 0.0518. The van der Waals surface area contributed by atoms with Crippen molar-refractivity contribution in [2.24, 2.45) is 40.7 Å². The molecule has 224 valence electrons. The Morgan fingerprint density at radius 3 is 2.26 bits per heavy atom. The highest BCUT2D eigenvalue weighted by Gasteiger charge is 2.60. The van der Waals surface area contributed by atoms with Crippen LogP contribution in [0.15, 0.2) is 28.7 Å². The van der Waals surface area contributed by atoms with Crippen molar-refractivity contribution in [3.05, 3.63) is 50.4 Å². The van der Waals surface area contributed by atoms with E-state index in [9.17, 15) is 34.8 Å². The number of nitrogens with two attached hydrogens (primary N) is 1. The molecule has 10 heteroatoms. The molecule has 0 saturated heterocycles. The molecule has 1 aromatic rings. The van der Waals surface area contributed by atoms with E-state index < -0.39 is 52.0 Å². The van der Waals surface area contributed by atoms with Gasteiger partial charge in [0, 0.05) is 36.0 Å². The van der Waals surface area contributed by atoms with E-state index in [1.54, 1.807) is 0 Å². The van der Waals surface area contributed by atoms with E-state index in [1.807, 2.05) is 0 Å². The molecule has 4 bridgehead atoms. The molecule has 7 aliphatic carbocycles. The highest BCUT2D eigenvalue weighted by molar-refractivity contribution is 6.33. The molecule has 1 amide bonds. The first-order valence-corrected chi connectivity index (χ1v) is 15.4. The Labute approximate surface area is 249 Å². The minimum Gasteiger partial charge on any atom is -0.511 e. The van der Waals surface area contributed by atoms with E-state index >= 15 is 0 Å². The SMILES string of the molecule is CN(Cc1cc(O)c2c(c1Cl)CC1C[C@H]3CC(O)=C(C(N)=O)C(=O)[C@@]3(O)C(O)=C1C2=O)CC12CC3CC(CC(C3)C1)C2. The normalized spacial score (nSPS) is 36.8. The molecular weight excluding hydrogens is 560 g/mol. The number of ketones is 2. The fourth-order valence-electron chi connectivity index (χ4n) is 10.2. The molecular formula is C32H37ClN2O7. The number of phenolic OH excluding ortho intramolecular Hbond substituents is 1. The zero-order valence-corrected chi connectivity index (χ0v) is 24.4. The van der Waals surface area contributed by atoms with Crippen LogP contribution >= 0.6 is 11.6 Å². The molecule has 0 radical (unpaired) electrons. The zero-order chi connectivity index (χ0) is 29.9. The number of benzene rings is 1. The summed E-state index contributed by atoms with van der Waals surface area (Å²) < 4.78 is 0. The van der Waals surface area contributed by atoms with Gasteiger partial charge in [-0.25, -0.2) is 0 Å². The molecule has 4 fully saturated rings. The zero-order valence-electron chi connectivity index (χ0n) is 23.7. The maximum atomic E-state index is 13.8. The van der Waals surface area contributed by atoms with Crippen LogP contribution in [0.2, 0.25) is 5.02 Å². The van der Waals surface area contributed by atoms with Crippen LogP contribution in [0.3, 0.4) is 0 Å². The molecule has 0 aliphatic heterocycles. The average Bonchev–Trinajstić information content (AvgIpc) is 2.87. The number of primary amides is 1. The second-order valence-corrected chi connectivity index (χ2v) is 14.6. The van der Waals surface area contributed by atoms with E-state index in [4.69, 9.17) is 17.3 Å². The summed E-state index contributed by atoms with van der Waals surface area (Å²) in [4.78, 5) is 41.0. The standard InChI is InChI=1S/C32H37ClN2O7/c1-35(13-31-9-14-2-15(10-31)4-16(3-14)11-31)12-18-7-21(36)24-20(26(18)33)6-17-5-19-8-22(37)25(30(34)41)29(40)32(19,42)28(39)23(17)27(24)38/h7,14-17,19,36-37,39,42H,2-6,8-13H2,1H3,(H2,34,41)/t14?,15?,16?,17?,19-,31?,32-/m0/s1. The van der Waals surface area contributed by atoms with Crippen LogP contribution in [0.1, 0.15) is 72.9 Å². The van der Waals surface area contributed by atoms with E-state index in [-0.39, 0.29) is 36.1 Å². The number of aromatic hydroxyl groups is 1. The first kappa shape index (κ1) is 27.9. The van der Waals surface area contributed by atoms with Gasteiger partial charge in [0.1, 0.15) is 22.8 Å². The lowest BCUT2D eigenvalue weighted by Gasteiger charge is -2.57. The second kappa shape index (κ2) is 9.31. The Morgan fingerprint density at radius 1 is 1.05 bits per heavy atom. The number of halogens is 1. The van der Waals surface area contributed by atoms with Crippen molar-refractivity contribution in [1.29, 1.82) is 0 Å². The monoisotopic (exact) mass is 596 g/mol. The number of carbonyl (C=O) groups excluding carboxylic acids is 3. The molecule has 9 nitrogen and oxygen atoms in total. The number of amides is 1. The van der Waals surface area contributed by atoms with Gasteiger partial charge in [0.15, 0.2) is 11.4 Å². The Balaban J connectivity index is 1.19. The molecule has 1 aromatic carbocycles. The number of hydrogen-bond acceptors (Lipinski definition) is 8. The van der Waals surface area contributed by atoms with E-state index in [0.29, 0.717) is 22.5 Å². The Kier molecular flexibility index (Phi) is 6.19. The molecule has 42 heavy (non-hydrogen) atoms. The number of aliphatic hydroxyl groups excluding tert-OH is 2. The van der Waals surface area contributed by atoms with Gasteiger partial charge in [0.05, 0.1) is 5.56 Å². The fraction of sp³-hybridized carbons (Fsp3) is 0.594. The van der Waals surface area contributed by atoms with Crippen molar-refractivity contribution >= 4 is 29.1 Å². The lowest BCUT2D eigenvalue weighted by atomic mass is 9.49. The Hall–Kier alpha value is -2.88. The van der Waals surface area contributed by atoms with Crippen molar-refractivity contribution < 1.29 is 34.8 Å². The fourth-order valence-corrected chi connectivity index (χ4v) is 10.5. The molecule has 7 aliphatic rings. The third kappa shape index (κ3) is 3.92. The number of carbonyl (C=O) groups is 3. The van der Waals surface area contributed by atoms with E-state index in [2.05, 4.69) is 11.9 Å². The molecule has 0 spiro atoms. The number of nitrogens with zero attached hydrogens (tertiary/aromatic N) is 1.